The van der Waals surface area contributed by atoms with Gasteiger partial charge in [0.2, 0.25) is 0 Å². The molecule has 18 heavy (non-hydrogen) atoms. The third-order valence-corrected chi connectivity index (χ3v) is 3.41. The van der Waals surface area contributed by atoms with Crippen molar-refractivity contribution in [3.8, 4) is 0 Å². The van der Waals surface area contributed by atoms with Gasteiger partial charge in [-0.15, -0.1) is 0 Å². The zero-order valence-electron chi connectivity index (χ0n) is 9.90. The maximum absolute atomic E-state index is 11.8. The van der Waals surface area contributed by atoms with E-state index in [4.69, 9.17) is 0 Å². The zero-order chi connectivity index (χ0) is 12.5. The number of carbonyl (C=O) groups excluding carboxylic acids is 2. The summed E-state index contributed by atoms with van der Waals surface area (Å²) in [6, 6.07) is 5.93. The van der Waals surface area contributed by atoms with Crippen LogP contribution in [-0.2, 0) is 11.2 Å². The molecule has 1 aliphatic rings. The Hall–Kier alpha value is -2.16. The second kappa shape index (κ2) is 4.26. The van der Waals surface area contributed by atoms with Crippen LogP contribution in [0.2, 0.25) is 0 Å². The van der Waals surface area contributed by atoms with E-state index < -0.39 is 0 Å². The number of aromatic amines is 1. The second-order valence-corrected chi connectivity index (χ2v) is 4.56. The van der Waals surface area contributed by atoms with Crippen molar-refractivity contribution in [2.24, 2.45) is 0 Å². The highest BCUT2D eigenvalue weighted by Gasteiger charge is 2.21. The van der Waals surface area contributed by atoms with Crippen molar-refractivity contribution in [1.82, 2.24) is 4.98 Å². The molecule has 0 fully saturated rings. The van der Waals surface area contributed by atoms with Crippen molar-refractivity contribution < 1.29 is 9.59 Å². The molecule has 0 spiro atoms. The zero-order valence-corrected chi connectivity index (χ0v) is 9.90. The summed E-state index contributed by atoms with van der Waals surface area (Å²) in [5, 5.41) is 1.10. The van der Waals surface area contributed by atoms with E-state index in [0.29, 0.717) is 6.42 Å². The van der Waals surface area contributed by atoms with Gasteiger partial charge >= 0.3 is 0 Å². The van der Waals surface area contributed by atoms with Crippen molar-refractivity contribution in [3.63, 3.8) is 0 Å². The summed E-state index contributed by atoms with van der Waals surface area (Å²) in [6.07, 6.45) is 6.52. The average molecular weight is 239 g/mol. The van der Waals surface area contributed by atoms with Gasteiger partial charge in [0.1, 0.15) is 6.29 Å². The standard InChI is InChI=1S/C15H13NO2/c17-8-2-3-10-6-7-13-12(9-10)11-4-1-5-14(18)15(11)16-13/h2-3,6-9,16H,1,4-5H2. The van der Waals surface area contributed by atoms with Gasteiger partial charge in [0.05, 0.1) is 5.69 Å². The molecule has 90 valence electrons. The fourth-order valence-electron chi connectivity index (χ4n) is 2.57. The molecular formula is C15H13NO2. The van der Waals surface area contributed by atoms with Crippen LogP contribution in [0.1, 0.15) is 34.5 Å². The summed E-state index contributed by atoms with van der Waals surface area (Å²) in [5.74, 6) is 0.206. The number of rotatable bonds is 2. The molecule has 1 N–H and O–H groups in total. The Morgan fingerprint density at radius 2 is 2.11 bits per heavy atom. The molecule has 3 nitrogen and oxygen atoms in total. The van der Waals surface area contributed by atoms with E-state index >= 15 is 0 Å². The molecule has 0 aliphatic heterocycles. The molecule has 0 unspecified atom stereocenters. The molecule has 0 saturated heterocycles. The van der Waals surface area contributed by atoms with Crippen LogP contribution in [-0.4, -0.2) is 17.1 Å². The first-order valence-corrected chi connectivity index (χ1v) is 6.09. The predicted molar refractivity (Wildman–Crippen MR) is 70.7 cm³/mol. The number of aromatic nitrogens is 1. The van der Waals surface area contributed by atoms with Gasteiger partial charge in [0, 0.05) is 17.3 Å². The average Bonchev–Trinajstić information content (AvgIpc) is 2.76. The minimum absolute atomic E-state index is 0.206. The number of allylic oxidation sites excluding steroid dienone is 1. The lowest BCUT2D eigenvalue weighted by atomic mass is 9.94. The lowest BCUT2D eigenvalue weighted by molar-refractivity contribution is -0.104. The van der Waals surface area contributed by atoms with Gasteiger partial charge in [-0.2, -0.15) is 0 Å². The van der Waals surface area contributed by atoms with Gasteiger partial charge in [-0.3, -0.25) is 9.59 Å². The van der Waals surface area contributed by atoms with Gasteiger partial charge in [0.25, 0.3) is 0 Å². The van der Waals surface area contributed by atoms with Crippen molar-refractivity contribution >= 4 is 29.0 Å². The van der Waals surface area contributed by atoms with Crippen molar-refractivity contribution in [1.29, 1.82) is 0 Å². The van der Waals surface area contributed by atoms with Gasteiger partial charge in [-0.1, -0.05) is 12.1 Å². The highest BCUT2D eigenvalue weighted by molar-refractivity contribution is 6.03. The van der Waals surface area contributed by atoms with Crippen LogP contribution >= 0.6 is 0 Å². The first-order chi connectivity index (χ1) is 8.79. The summed E-state index contributed by atoms with van der Waals surface area (Å²) in [4.78, 5) is 25.4. The van der Waals surface area contributed by atoms with Gasteiger partial charge in [-0.05, 0) is 42.2 Å². The van der Waals surface area contributed by atoms with E-state index in [0.717, 1.165) is 46.9 Å². The molecule has 1 aliphatic carbocycles. The normalized spacial score (nSPS) is 15.2. The number of carbonyl (C=O) groups is 2. The summed E-state index contributed by atoms with van der Waals surface area (Å²) < 4.78 is 0. The van der Waals surface area contributed by atoms with E-state index in [1.54, 1.807) is 6.08 Å². The van der Waals surface area contributed by atoms with Crippen molar-refractivity contribution in [3.05, 3.63) is 41.1 Å². The molecule has 0 atom stereocenters. The van der Waals surface area contributed by atoms with Gasteiger partial charge < -0.3 is 4.98 Å². The van der Waals surface area contributed by atoms with Crippen LogP contribution < -0.4 is 0 Å². The number of H-pyrrole nitrogens is 1. The van der Waals surface area contributed by atoms with E-state index in [2.05, 4.69) is 4.98 Å². The number of benzene rings is 1. The number of aryl methyl sites for hydroxylation is 1. The number of Topliss-reactive ketones (excluding diaryl/α,β-unsaturated/α-hetero) is 1. The summed E-state index contributed by atoms with van der Waals surface area (Å²) in [6.45, 7) is 0. The topological polar surface area (TPSA) is 49.9 Å². The molecule has 0 amide bonds. The second-order valence-electron chi connectivity index (χ2n) is 4.56. The van der Waals surface area contributed by atoms with E-state index in [9.17, 15) is 9.59 Å². The third-order valence-electron chi connectivity index (χ3n) is 3.41. The summed E-state index contributed by atoms with van der Waals surface area (Å²) in [5.41, 5.74) is 3.88. The van der Waals surface area contributed by atoms with Crippen LogP contribution in [0.4, 0.5) is 0 Å². The van der Waals surface area contributed by atoms with Crippen LogP contribution in [0.15, 0.2) is 24.3 Å². The Balaban J connectivity index is 2.18. The van der Waals surface area contributed by atoms with Crippen molar-refractivity contribution in [2.45, 2.75) is 19.3 Å². The molecule has 0 saturated carbocycles. The number of aldehydes is 1. The molecule has 3 rings (SSSR count). The molecule has 0 radical (unpaired) electrons. The minimum atomic E-state index is 0.206. The SMILES string of the molecule is O=CC=Cc1ccc2[nH]c3c(c2c1)CCCC3=O. The lowest BCUT2D eigenvalue weighted by Gasteiger charge is -2.09. The van der Waals surface area contributed by atoms with Gasteiger partial charge in [-0.25, -0.2) is 0 Å². The van der Waals surface area contributed by atoms with E-state index in [1.807, 2.05) is 18.2 Å². The Bertz CT molecular complexity index is 664. The molecule has 2 aromatic rings. The fourth-order valence-corrected chi connectivity index (χ4v) is 2.57. The third kappa shape index (κ3) is 1.68. The summed E-state index contributed by atoms with van der Waals surface area (Å²) in [7, 11) is 0. The quantitative estimate of drug-likeness (QED) is 0.647. The largest absolute Gasteiger partial charge is 0.352 e. The predicted octanol–water partition coefficient (Wildman–Crippen LogP) is 2.90. The first kappa shape index (κ1) is 11.0. The molecule has 1 aromatic heterocycles. The molecule has 3 heteroatoms. The smallest absolute Gasteiger partial charge is 0.179 e. The number of hydrogen-bond donors (Lipinski definition) is 1. The Morgan fingerprint density at radius 3 is 2.94 bits per heavy atom. The molecular weight excluding hydrogens is 226 g/mol. The summed E-state index contributed by atoms with van der Waals surface area (Å²) >= 11 is 0. The highest BCUT2D eigenvalue weighted by Crippen LogP contribution is 2.29. The lowest BCUT2D eigenvalue weighted by Crippen LogP contribution is -2.09. The molecule has 1 aromatic carbocycles. The number of ketones is 1. The van der Waals surface area contributed by atoms with E-state index in [-0.39, 0.29) is 5.78 Å². The Kier molecular flexibility index (Phi) is 2.59. The van der Waals surface area contributed by atoms with Crippen molar-refractivity contribution in [2.75, 3.05) is 0 Å². The fraction of sp³-hybridized carbons (Fsp3) is 0.200. The molecule has 1 heterocycles. The van der Waals surface area contributed by atoms with Gasteiger partial charge in [0.15, 0.2) is 5.78 Å². The van der Waals surface area contributed by atoms with Crippen LogP contribution in [0.5, 0.6) is 0 Å². The number of fused-ring (bicyclic) bond motifs is 3. The number of nitrogens with one attached hydrogen (secondary N) is 1. The minimum Gasteiger partial charge on any atom is -0.352 e. The van der Waals surface area contributed by atoms with Crippen LogP contribution in [0.25, 0.3) is 17.0 Å². The monoisotopic (exact) mass is 239 g/mol. The maximum atomic E-state index is 11.8. The Labute approximate surface area is 105 Å². The first-order valence-electron chi connectivity index (χ1n) is 6.09. The highest BCUT2D eigenvalue weighted by atomic mass is 16.1. The van der Waals surface area contributed by atoms with Crippen LogP contribution in [0.3, 0.4) is 0 Å². The van der Waals surface area contributed by atoms with Crippen LogP contribution in [0, 0.1) is 0 Å². The Morgan fingerprint density at radius 1 is 1.22 bits per heavy atom. The number of hydrogen-bond acceptors (Lipinski definition) is 2. The molecule has 0 bridgehead atoms. The maximum Gasteiger partial charge on any atom is 0.179 e. The van der Waals surface area contributed by atoms with E-state index in [1.165, 1.54) is 6.08 Å².